The van der Waals surface area contributed by atoms with Crippen LogP contribution in [0.15, 0.2) is 53.4 Å². The van der Waals surface area contributed by atoms with Crippen LogP contribution in [0, 0.1) is 0 Å². The molecule has 0 spiro atoms. The van der Waals surface area contributed by atoms with Crippen LogP contribution in [0.3, 0.4) is 0 Å². The molecule has 1 aliphatic rings. The zero-order valence-electron chi connectivity index (χ0n) is 15.2. The van der Waals surface area contributed by atoms with Crippen LogP contribution in [0.4, 0.5) is 5.69 Å². The molecule has 5 heteroatoms. The monoisotopic (exact) mass is 433 g/mol. The van der Waals surface area contributed by atoms with Crippen molar-refractivity contribution in [1.82, 2.24) is 0 Å². The predicted molar refractivity (Wildman–Crippen MR) is 113 cm³/mol. The van der Waals surface area contributed by atoms with Gasteiger partial charge in [0.2, 0.25) is 0 Å². The first-order valence-electron chi connectivity index (χ1n) is 8.86. The number of rotatable bonds is 7. The molecule has 2 aromatic carbocycles. The molecule has 1 heterocycles. The van der Waals surface area contributed by atoms with Crippen molar-refractivity contribution in [3.63, 3.8) is 0 Å². The van der Waals surface area contributed by atoms with Crippen LogP contribution in [0.25, 0.3) is 0 Å². The van der Waals surface area contributed by atoms with Gasteiger partial charge < -0.3 is 14.4 Å². The second-order valence-corrected chi connectivity index (χ2v) is 8.89. The van der Waals surface area contributed by atoms with E-state index in [2.05, 4.69) is 46.0 Å². The van der Waals surface area contributed by atoms with Gasteiger partial charge in [-0.2, -0.15) is 0 Å². The van der Waals surface area contributed by atoms with Crippen molar-refractivity contribution < 1.29 is 9.53 Å². The largest absolute Gasteiger partial charge is 0.493 e. The Kier molecular flexibility index (Phi) is 6.30. The number of aldehydes is 1. The Morgan fingerprint density at radius 2 is 1.92 bits per heavy atom. The molecule has 2 atom stereocenters. The summed E-state index contributed by atoms with van der Waals surface area (Å²) in [6, 6.07) is 16.1. The fourth-order valence-corrected chi connectivity index (χ4v) is 5.39. The van der Waals surface area contributed by atoms with Crippen molar-refractivity contribution in [2.24, 2.45) is 0 Å². The number of likely N-dealkylation sites (N-methyl/N-ethyl adjacent to an activating group) is 1. The lowest BCUT2D eigenvalue weighted by atomic mass is 9.90. The number of para-hydroxylation sites is 2. The topological polar surface area (TPSA) is 29.5 Å². The molecule has 138 valence electrons. The van der Waals surface area contributed by atoms with E-state index in [0.717, 1.165) is 41.5 Å². The Morgan fingerprint density at radius 3 is 2.69 bits per heavy atom. The first-order valence-corrected chi connectivity index (χ1v) is 10.8. The van der Waals surface area contributed by atoms with Crippen molar-refractivity contribution in [2.75, 3.05) is 23.9 Å². The first kappa shape index (κ1) is 19.3. The Hall–Kier alpha value is -1.46. The van der Waals surface area contributed by atoms with Crippen molar-refractivity contribution in [3.05, 3.63) is 54.1 Å². The highest BCUT2D eigenvalue weighted by molar-refractivity contribution is 9.09. The highest BCUT2D eigenvalue weighted by atomic mass is 79.9. The molecule has 0 bridgehead atoms. The van der Waals surface area contributed by atoms with E-state index in [1.165, 1.54) is 4.90 Å². The maximum Gasteiger partial charge on any atom is 0.144 e. The van der Waals surface area contributed by atoms with E-state index in [9.17, 15) is 4.79 Å². The third-order valence-corrected chi connectivity index (χ3v) is 6.90. The molecule has 0 saturated heterocycles. The van der Waals surface area contributed by atoms with Crippen LogP contribution in [0.5, 0.6) is 5.75 Å². The normalized spacial score (nSPS) is 22.0. The summed E-state index contributed by atoms with van der Waals surface area (Å²) in [5.74, 6) is 0.872. The van der Waals surface area contributed by atoms with Gasteiger partial charge >= 0.3 is 0 Å². The van der Waals surface area contributed by atoms with Gasteiger partial charge in [-0.3, -0.25) is 0 Å². The Bertz CT molecular complexity index is 769. The number of carbonyl (C=O) groups excluding carboxylic acids is 1. The number of unbranched alkanes of at least 4 members (excludes halogenated alkanes) is 1. The molecule has 3 rings (SSSR count). The van der Waals surface area contributed by atoms with Gasteiger partial charge in [0.15, 0.2) is 0 Å². The number of alkyl halides is 1. The zero-order chi connectivity index (χ0) is 18.6. The summed E-state index contributed by atoms with van der Waals surface area (Å²) in [6.07, 6.45) is 3.15. The van der Waals surface area contributed by atoms with Gasteiger partial charge in [-0.15, -0.1) is 11.8 Å². The van der Waals surface area contributed by atoms with Gasteiger partial charge in [-0.1, -0.05) is 46.3 Å². The molecule has 3 nitrogen and oxygen atoms in total. The molecular formula is C21H24BrNO2S. The number of benzene rings is 2. The minimum absolute atomic E-state index is 0.269. The molecule has 0 N–H and O–H groups in total. The van der Waals surface area contributed by atoms with E-state index in [1.807, 2.05) is 37.4 Å². The summed E-state index contributed by atoms with van der Waals surface area (Å²) in [7, 11) is 2.00. The fourth-order valence-electron chi connectivity index (χ4n) is 3.46. The number of hydrogen-bond acceptors (Lipinski definition) is 4. The third-order valence-electron chi connectivity index (χ3n) is 4.89. The third kappa shape index (κ3) is 3.65. The van der Waals surface area contributed by atoms with Gasteiger partial charge in [-0.05, 0) is 38.0 Å². The highest BCUT2D eigenvalue weighted by Gasteiger charge is 2.45. The number of anilines is 1. The minimum Gasteiger partial charge on any atom is -0.493 e. The summed E-state index contributed by atoms with van der Waals surface area (Å²) in [5, 5.41) is 0.986. The molecule has 0 aromatic heterocycles. The molecule has 2 unspecified atom stereocenters. The van der Waals surface area contributed by atoms with Crippen LogP contribution < -0.4 is 9.64 Å². The van der Waals surface area contributed by atoms with E-state index < -0.39 is 4.75 Å². The average molecular weight is 434 g/mol. The molecule has 0 aliphatic carbocycles. The maximum atomic E-state index is 12.1. The van der Waals surface area contributed by atoms with E-state index in [4.69, 9.17) is 4.74 Å². The van der Waals surface area contributed by atoms with Crippen molar-refractivity contribution in [3.8, 4) is 5.75 Å². The van der Waals surface area contributed by atoms with Crippen LogP contribution in [0.1, 0.15) is 25.3 Å². The molecule has 0 radical (unpaired) electrons. The Balaban J connectivity index is 1.98. The number of nitrogens with zero attached hydrogens (tertiary/aromatic N) is 1. The lowest BCUT2D eigenvalue weighted by Gasteiger charge is -2.45. The molecule has 0 fully saturated rings. The van der Waals surface area contributed by atoms with Gasteiger partial charge in [-0.25, -0.2) is 0 Å². The lowest BCUT2D eigenvalue weighted by Crippen LogP contribution is -2.49. The van der Waals surface area contributed by atoms with E-state index in [0.29, 0.717) is 6.61 Å². The smallest absolute Gasteiger partial charge is 0.144 e. The van der Waals surface area contributed by atoms with Gasteiger partial charge in [0.25, 0.3) is 0 Å². The first-order chi connectivity index (χ1) is 12.6. The van der Waals surface area contributed by atoms with E-state index in [1.54, 1.807) is 11.8 Å². The molecule has 1 aliphatic heterocycles. The SMILES string of the molecule is CN1c2ccccc2SC(C)(c2ccccc2OCCCCBr)C1C=O. The second-order valence-electron chi connectivity index (χ2n) is 6.61. The Labute approximate surface area is 168 Å². The van der Waals surface area contributed by atoms with Gasteiger partial charge in [0.1, 0.15) is 18.1 Å². The van der Waals surface area contributed by atoms with E-state index in [-0.39, 0.29) is 6.04 Å². The summed E-state index contributed by atoms with van der Waals surface area (Å²) in [6.45, 7) is 2.82. The number of hydrogen-bond donors (Lipinski definition) is 0. The van der Waals surface area contributed by atoms with Crippen molar-refractivity contribution in [1.29, 1.82) is 0 Å². The lowest BCUT2D eigenvalue weighted by molar-refractivity contribution is -0.109. The molecule has 0 amide bonds. The van der Waals surface area contributed by atoms with Gasteiger partial charge in [0.05, 0.1) is 17.0 Å². The number of ether oxygens (including phenoxy) is 1. The summed E-state index contributed by atoms with van der Waals surface area (Å²) < 4.78 is 5.69. The van der Waals surface area contributed by atoms with Crippen LogP contribution >= 0.6 is 27.7 Å². The molecule has 26 heavy (non-hydrogen) atoms. The fraction of sp³-hybridized carbons (Fsp3) is 0.381. The standard InChI is InChI=1S/C21H24BrNO2S/c1-21(16-9-3-5-11-18(16)25-14-8-7-13-22)20(15-24)23(2)17-10-4-6-12-19(17)26-21/h3-6,9-12,15,20H,7-8,13-14H2,1-2H3. The number of carbonyl (C=O) groups is 1. The summed E-state index contributed by atoms with van der Waals surface area (Å²) in [4.78, 5) is 15.3. The molecule has 2 aromatic rings. The molecular weight excluding hydrogens is 410 g/mol. The zero-order valence-corrected chi connectivity index (χ0v) is 17.6. The minimum atomic E-state index is -0.420. The average Bonchev–Trinajstić information content (AvgIpc) is 2.66. The molecule has 0 saturated carbocycles. The van der Waals surface area contributed by atoms with Crippen molar-refractivity contribution in [2.45, 2.75) is 35.4 Å². The Morgan fingerprint density at radius 1 is 1.19 bits per heavy atom. The van der Waals surface area contributed by atoms with Crippen LogP contribution in [0.2, 0.25) is 0 Å². The van der Waals surface area contributed by atoms with Gasteiger partial charge in [0, 0.05) is 22.8 Å². The number of thioether (sulfide) groups is 1. The number of halogens is 1. The van der Waals surface area contributed by atoms with Crippen LogP contribution in [-0.4, -0.2) is 31.3 Å². The van der Waals surface area contributed by atoms with Crippen LogP contribution in [-0.2, 0) is 9.54 Å². The number of fused-ring (bicyclic) bond motifs is 1. The highest BCUT2D eigenvalue weighted by Crippen LogP contribution is 2.54. The summed E-state index contributed by atoms with van der Waals surface area (Å²) in [5.41, 5.74) is 2.17. The predicted octanol–water partition coefficient (Wildman–Crippen LogP) is 5.27. The summed E-state index contributed by atoms with van der Waals surface area (Å²) >= 11 is 5.20. The second kappa shape index (κ2) is 8.49. The quantitative estimate of drug-likeness (QED) is 0.338. The maximum absolute atomic E-state index is 12.1. The van der Waals surface area contributed by atoms with Crippen molar-refractivity contribution >= 4 is 39.7 Å². The van der Waals surface area contributed by atoms with E-state index >= 15 is 0 Å².